The van der Waals surface area contributed by atoms with Crippen LogP contribution in [-0.2, 0) is 22.4 Å². The number of aliphatic carboxylic acids is 1. The van der Waals surface area contributed by atoms with E-state index >= 15 is 0 Å². The first-order valence-corrected chi connectivity index (χ1v) is 9.21. The van der Waals surface area contributed by atoms with E-state index in [0.717, 1.165) is 17.7 Å². The van der Waals surface area contributed by atoms with Gasteiger partial charge in [0.05, 0.1) is 23.4 Å². The SMILES string of the molecule is O=C(O)CC1(NC(=O)c2cc3c(s2)-c2ccccc2CC3)CCOC1. The number of carbonyl (C=O) groups excluding carboxylic acids is 1. The van der Waals surface area contributed by atoms with Crippen LogP contribution in [0.1, 0.15) is 33.6 Å². The van der Waals surface area contributed by atoms with Gasteiger partial charge in [-0.15, -0.1) is 11.3 Å². The molecule has 0 bridgehead atoms. The third-order valence-electron chi connectivity index (χ3n) is 4.93. The Hall–Kier alpha value is -2.18. The quantitative estimate of drug-likeness (QED) is 0.882. The number of nitrogens with one attached hydrogen (secondary N) is 1. The summed E-state index contributed by atoms with van der Waals surface area (Å²) >= 11 is 1.49. The number of benzene rings is 1. The van der Waals surface area contributed by atoms with Crippen molar-refractivity contribution < 1.29 is 19.4 Å². The lowest BCUT2D eigenvalue weighted by atomic mass is 9.91. The third kappa shape index (κ3) is 3.07. The highest BCUT2D eigenvalue weighted by molar-refractivity contribution is 7.17. The van der Waals surface area contributed by atoms with Crippen molar-refractivity contribution in [3.63, 3.8) is 0 Å². The highest BCUT2D eigenvalue weighted by atomic mass is 32.1. The minimum absolute atomic E-state index is 0.118. The van der Waals surface area contributed by atoms with E-state index in [-0.39, 0.29) is 18.9 Å². The molecule has 5 nitrogen and oxygen atoms in total. The lowest BCUT2D eigenvalue weighted by Gasteiger charge is -2.26. The van der Waals surface area contributed by atoms with Crippen molar-refractivity contribution in [1.82, 2.24) is 5.32 Å². The van der Waals surface area contributed by atoms with Gasteiger partial charge in [0, 0.05) is 11.5 Å². The van der Waals surface area contributed by atoms with Crippen LogP contribution in [0, 0.1) is 0 Å². The molecule has 1 atom stereocenters. The standard InChI is InChI=1S/C19H19NO4S/c21-16(22)10-19(7-8-24-11-19)20-18(23)15-9-13-6-5-12-3-1-2-4-14(12)17(13)25-15/h1-4,9H,5-8,10-11H2,(H,20,23)(H,21,22). The monoisotopic (exact) mass is 357 g/mol. The molecule has 1 amide bonds. The lowest BCUT2D eigenvalue weighted by Crippen LogP contribution is -2.50. The number of aryl methyl sites for hydroxylation is 2. The highest BCUT2D eigenvalue weighted by Gasteiger charge is 2.39. The first-order chi connectivity index (χ1) is 12.1. The van der Waals surface area contributed by atoms with E-state index in [0.29, 0.717) is 17.9 Å². The van der Waals surface area contributed by atoms with Gasteiger partial charge >= 0.3 is 5.97 Å². The Morgan fingerprint density at radius 1 is 1.24 bits per heavy atom. The van der Waals surface area contributed by atoms with Crippen LogP contribution < -0.4 is 5.32 Å². The van der Waals surface area contributed by atoms with Crippen molar-refractivity contribution in [2.24, 2.45) is 0 Å². The molecule has 2 heterocycles. The molecule has 1 aromatic carbocycles. The average molecular weight is 357 g/mol. The number of carbonyl (C=O) groups is 2. The number of rotatable bonds is 4. The van der Waals surface area contributed by atoms with Gasteiger partial charge in [-0.05, 0) is 42.0 Å². The summed E-state index contributed by atoms with van der Waals surface area (Å²) in [5.74, 6) is -1.13. The first-order valence-electron chi connectivity index (χ1n) is 8.39. The number of thiophene rings is 1. The van der Waals surface area contributed by atoms with Crippen molar-refractivity contribution in [3.8, 4) is 10.4 Å². The summed E-state index contributed by atoms with van der Waals surface area (Å²) in [6, 6.07) is 10.2. The molecular formula is C19H19NO4S. The summed E-state index contributed by atoms with van der Waals surface area (Å²) in [4.78, 5) is 25.7. The van der Waals surface area contributed by atoms with E-state index in [1.54, 1.807) is 0 Å². The summed E-state index contributed by atoms with van der Waals surface area (Å²) in [5.41, 5.74) is 2.92. The fourth-order valence-corrected chi connectivity index (χ4v) is 4.83. The van der Waals surface area contributed by atoms with Crippen LogP contribution in [0.25, 0.3) is 10.4 Å². The van der Waals surface area contributed by atoms with Crippen LogP contribution in [0.4, 0.5) is 0 Å². The Morgan fingerprint density at radius 2 is 2.04 bits per heavy atom. The molecule has 4 rings (SSSR count). The molecule has 25 heavy (non-hydrogen) atoms. The Labute approximate surface area is 149 Å². The minimum Gasteiger partial charge on any atom is -0.481 e. The zero-order valence-electron chi connectivity index (χ0n) is 13.7. The summed E-state index contributed by atoms with van der Waals surface area (Å²) in [5, 5.41) is 12.1. The molecule has 1 fully saturated rings. The number of fused-ring (bicyclic) bond motifs is 3. The molecule has 2 N–H and O–H groups in total. The lowest BCUT2D eigenvalue weighted by molar-refractivity contribution is -0.138. The van der Waals surface area contributed by atoms with Gasteiger partial charge < -0.3 is 15.2 Å². The van der Waals surface area contributed by atoms with Gasteiger partial charge in [0.15, 0.2) is 0 Å². The summed E-state index contributed by atoms with van der Waals surface area (Å²) in [6.07, 6.45) is 2.32. The van der Waals surface area contributed by atoms with Crippen molar-refractivity contribution in [2.45, 2.75) is 31.2 Å². The predicted octanol–water partition coefficient (Wildman–Crippen LogP) is 2.88. The fourth-order valence-electron chi connectivity index (χ4n) is 3.66. The van der Waals surface area contributed by atoms with Crippen LogP contribution in [0.5, 0.6) is 0 Å². The maximum absolute atomic E-state index is 12.8. The molecular weight excluding hydrogens is 338 g/mol. The molecule has 1 aromatic heterocycles. The maximum Gasteiger partial charge on any atom is 0.305 e. The molecule has 1 aliphatic carbocycles. The minimum atomic E-state index is -0.926. The second-order valence-electron chi connectivity index (χ2n) is 6.73. The number of amides is 1. The van der Waals surface area contributed by atoms with Gasteiger partial charge in [-0.3, -0.25) is 9.59 Å². The van der Waals surface area contributed by atoms with E-state index < -0.39 is 11.5 Å². The van der Waals surface area contributed by atoms with Gasteiger partial charge in [-0.1, -0.05) is 24.3 Å². The van der Waals surface area contributed by atoms with E-state index in [1.807, 2.05) is 18.2 Å². The molecule has 2 aromatic rings. The topological polar surface area (TPSA) is 75.6 Å². The van der Waals surface area contributed by atoms with Crippen molar-refractivity contribution in [1.29, 1.82) is 0 Å². The Bertz CT molecular complexity index is 836. The second kappa shape index (κ2) is 6.28. The van der Waals surface area contributed by atoms with Crippen LogP contribution in [-0.4, -0.2) is 35.7 Å². The maximum atomic E-state index is 12.8. The molecule has 1 aliphatic heterocycles. The van der Waals surface area contributed by atoms with E-state index in [1.165, 1.54) is 28.0 Å². The molecule has 1 saturated heterocycles. The summed E-state index contributed by atoms with van der Waals surface area (Å²) in [6.45, 7) is 0.723. The third-order valence-corrected chi connectivity index (χ3v) is 6.14. The normalized spacial score (nSPS) is 21.4. The van der Waals surface area contributed by atoms with Gasteiger partial charge in [-0.25, -0.2) is 0 Å². The Balaban J connectivity index is 1.60. The largest absolute Gasteiger partial charge is 0.481 e. The molecule has 0 saturated carbocycles. The van der Waals surface area contributed by atoms with Crippen LogP contribution in [0.3, 0.4) is 0 Å². The Kier molecular flexibility index (Phi) is 4.09. The number of hydrogen-bond acceptors (Lipinski definition) is 4. The van der Waals surface area contributed by atoms with E-state index in [4.69, 9.17) is 9.84 Å². The summed E-state index contributed by atoms with van der Waals surface area (Å²) < 4.78 is 5.35. The first kappa shape index (κ1) is 16.3. The number of ether oxygens (including phenoxy) is 1. The molecule has 6 heteroatoms. The molecule has 2 aliphatic rings. The van der Waals surface area contributed by atoms with E-state index in [9.17, 15) is 9.59 Å². The highest BCUT2D eigenvalue weighted by Crippen LogP contribution is 2.39. The van der Waals surface area contributed by atoms with Crippen molar-refractivity contribution in [3.05, 3.63) is 46.3 Å². The van der Waals surface area contributed by atoms with Crippen molar-refractivity contribution >= 4 is 23.2 Å². The molecule has 1 unspecified atom stereocenters. The van der Waals surface area contributed by atoms with Gasteiger partial charge in [0.25, 0.3) is 5.91 Å². The van der Waals surface area contributed by atoms with Gasteiger partial charge in [0.1, 0.15) is 0 Å². The van der Waals surface area contributed by atoms with Crippen LogP contribution in [0.2, 0.25) is 0 Å². The zero-order valence-corrected chi connectivity index (χ0v) is 14.5. The second-order valence-corrected chi connectivity index (χ2v) is 7.78. The van der Waals surface area contributed by atoms with E-state index in [2.05, 4.69) is 17.4 Å². The van der Waals surface area contributed by atoms with Gasteiger partial charge in [0.2, 0.25) is 0 Å². The molecule has 0 radical (unpaired) electrons. The Morgan fingerprint density at radius 3 is 2.80 bits per heavy atom. The summed E-state index contributed by atoms with van der Waals surface area (Å²) in [7, 11) is 0. The predicted molar refractivity (Wildman–Crippen MR) is 95.0 cm³/mol. The number of carboxylic acids is 1. The molecule has 0 spiro atoms. The molecule has 130 valence electrons. The number of carboxylic acid groups (broad SMARTS) is 1. The fraction of sp³-hybridized carbons (Fsp3) is 0.368. The number of hydrogen-bond donors (Lipinski definition) is 2. The average Bonchev–Trinajstić information content (AvgIpc) is 3.21. The zero-order chi connectivity index (χ0) is 17.4. The van der Waals surface area contributed by atoms with Crippen molar-refractivity contribution in [2.75, 3.05) is 13.2 Å². The van der Waals surface area contributed by atoms with Gasteiger partial charge in [-0.2, -0.15) is 0 Å². The van der Waals surface area contributed by atoms with Crippen LogP contribution in [0.15, 0.2) is 30.3 Å². The smallest absolute Gasteiger partial charge is 0.305 e. The van der Waals surface area contributed by atoms with Crippen LogP contribution >= 0.6 is 11.3 Å².